The summed E-state index contributed by atoms with van der Waals surface area (Å²) in [6, 6.07) is 10.3. The van der Waals surface area contributed by atoms with Crippen LogP contribution in [0.3, 0.4) is 0 Å². The summed E-state index contributed by atoms with van der Waals surface area (Å²) in [5, 5.41) is 3.45. The average Bonchev–Trinajstić information content (AvgIpc) is 2.67. The van der Waals surface area contributed by atoms with E-state index in [0.717, 1.165) is 18.0 Å². The highest BCUT2D eigenvalue weighted by Crippen LogP contribution is 2.26. The molecule has 1 N–H and O–H groups in total. The zero-order valence-corrected chi connectivity index (χ0v) is 11.9. The van der Waals surface area contributed by atoms with Gasteiger partial charge < -0.3 is 10.1 Å². The SMILES string of the molecule is CCOc1ccccc1NCc1cc(C)sc1C. The maximum absolute atomic E-state index is 5.60. The number of para-hydroxylation sites is 2. The summed E-state index contributed by atoms with van der Waals surface area (Å²) in [5.74, 6) is 0.921. The molecule has 0 amide bonds. The van der Waals surface area contributed by atoms with E-state index in [4.69, 9.17) is 4.74 Å². The van der Waals surface area contributed by atoms with E-state index < -0.39 is 0 Å². The fourth-order valence-corrected chi connectivity index (χ4v) is 2.89. The van der Waals surface area contributed by atoms with Gasteiger partial charge in [-0.05, 0) is 44.5 Å². The van der Waals surface area contributed by atoms with E-state index in [1.807, 2.05) is 36.5 Å². The molecule has 1 aromatic carbocycles. The Morgan fingerprint density at radius 2 is 2.00 bits per heavy atom. The summed E-state index contributed by atoms with van der Waals surface area (Å²) in [7, 11) is 0. The molecule has 0 radical (unpaired) electrons. The van der Waals surface area contributed by atoms with Gasteiger partial charge in [0, 0.05) is 16.3 Å². The Labute approximate surface area is 113 Å². The van der Waals surface area contributed by atoms with Crippen molar-refractivity contribution in [3.8, 4) is 5.75 Å². The zero-order chi connectivity index (χ0) is 13.0. The molecule has 3 heteroatoms. The highest BCUT2D eigenvalue weighted by atomic mass is 32.1. The molecular weight excluding hydrogens is 242 g/mol. The first-order chi connectivity index (χ1) is 8.70. The summed E-state index contributed by atoms with van der Waals surface area (Å²) in [6.07, 6.45) is 0. The Balaban J connectivity index is 2.08. The number of hydrogen-bond donors (Lipinski definition) is 1. The molecule has 0 atom stereocenters. The summed E-state index contributed by atoms with van der Waals surface area (Å²) in [4.78, 5) is 2.75. The van der Waals surface area contributed by atoms with Crippen LogP contribution in [0.5, 0.6) is 5.75 Å². The lowest BCUT2D eigenvalue weighted by Crippen LogP contribution is -2.02. The Kier molecular flexibility index (Phi) is 4.26. The lowest BCUT2D eigenvalue weighted by molar-refractivity contribution is 0.341. The second-order valence-electron chi connectivity index (χ2n) is 4.22. The molecule has 2 aromatic rings. The number of nitrogens with one attached hydrogen (secondary N) is 1. The van der Waals surface area contributed by atoms with Crippen molar-refractivity contribution in [1.82, 2.24) is 0 Å². The highest BCUT2D eigenvalue weighted by Gasteiger charge is 2.05. The number of benzene rings is 1. The van der Waals surface area contributed by atoms with E-state index in [9.17, 15) is 0 Å². The van der Waals surface area contributed by atoms with Gasteiger partial charge in [0.15, 0.2) is 0 Å². The smallest absolute Gasteiger partial charge is 0.142 e. The summed E-state index contributed by atoms with van der Waals surface area (Å²) in [5.41, 5.74) is 2.42. The molecule has 0 unspecified atom stereocenters. The predicted octanol–water partition coefficient (Wildman–Crippen LogP) is 4.38. The van der Waals surface area contributed by atoms with Gasteiger partial charge >= 0.3 is 0 Å². The van der Waals surface area contributed by atoms with Gasteiger partial charge in [-0.15, -0.1) is 11.3 Å². The van der Waals surface area contributed by atoms with Gasteiger partial charge in [-0.2, -0.15) is 0 Å². The van der Waals surface area contributed by atoms with Crippen LogP contribution < -0.4 is 10.1 Å². The van der Waals surface area contributed by atoms with Crippen molar-refractivity contribution in [3.05, 3.63) is 45.6 Å². The maximum atomic E-state index is 5.60. The van der Waals surface area contributed by atoms with E-state index in [-0.39, 0.29) is 0 Å². The molecule has 0 saturated heterocycles. The summed E-state index contributed by atoms with van der Waals surface area (Å²) < 4.78 is 5.60. The Bertz CT molecular complexity index is 519. The van der Waals surface area contributed by atoms with Crippen LogP contribution in [0.15, 0.2) is 30.3 Å². The van der Waals surface area contributed by atoms with E-state index in [0.29, 0.717) is 6.61 Å². The third-order valence-corrected chi connectivity index (χ3v) is 3.81. The molecule has 96 valence electrons. The highest BCUT2D eigenvalue weighted by molar-refractivity contribution is 7.12. The van der Waals surface area contributed by atoms with E-state index in [1.54, 1.807) is 0 Å². The minimum absolute atomic E-state index is 0.690. The average molecular weight is 261 g/mol. The fourth-order valence-electron chi connectivity index (χ4n) is 1.94. The molecule has 0 aliphatic rings. The molecular formula is C15H19NOS. The van der Waals surface area contributed by atoms with Crippen molar-refractivity contribution in [1.29, 1.82) is 0 Å². The number of hydrogen-bond acceptors (Lipinski definition) is 3. The van der Waals surface area contributed by atoms with Crippen LogP contribution in [0.25, 0.3) is 0 Å². The predicted molar refractivity (Wildman–Crippen MR) is 78.7 cm³/mol. The molecule has 0 aliphatic heterocycles. The lowest BCUT2D eigenvalue weighted by atomic mass is 10.2. The van der Waals surface area contributed by atoms with Gasteiger partial charge in [0.05, 0.1) is 12.3 Å². The van der Waals surface area contributed by atoms with Crippen molar-refractivity contribution >= 4 is 17.0 Å². The van der Waals surface area contributed by atoms with Gasteiger partial charge in [0.25, 0.3) is 0 Å². The second kappa shape index (κ2) is 5.91. The minimum Gasteiger partial charge on any atom is -0.492 e. The molecule has 1 heterocycles. The molecule has 18 heavy (non-hydrogen) atoms. The van der Waals surface area contributed by atoms with E-state index in [2.05, 4.69) is 31.3 Å². The van der Waals surface area contributed by atoms with Crippen molar-refractivity contribution in [2.45, 2.75) is 27.3 Å². The quantitative estimate of drug-likeness (QED) is 0.862. The first kappa shape index (κ1) is 13.0. The van der Waals surface area contributed by atoms with Gasteiger partial charge in [0.1, 0.15) is 5.75 Å². The summed E-state index contributed by atoms with van der Waals surface area (Å²) in [6.45, 7) is 7.86. The van der Waals surface area contributed by atoms with E-state index >= 15 is 0 Å². The van der Waals surface area contributed by atoms with Crippen molar-refractivity contribution in [3.63, 3.8) is 0 Å². The topological polar surface area (TPSA) is 21.3 Å². The monoisotopic (exact) mass is 261 g/mol. The molecule has 2 nitrogen and oxygen atoms in total. The van der Waals surface area contributed by atoms with Crippen molar-refractivity contribution in [2.75, 3.05) is 11.9 Å². The number of thiophene rings is 1. The van der Waals surface area contributed by atoms with Crippen LogP contribution >= 0.6 is 11.3 Å². The van der Waals surface area contributed by atoms with Crippen molar-refractivity contribution in [2.24, 2.45) is 0 Å². The van der Waals surface area contributed by atoms with Crippen molar-refractivity contribution < 1.29 is 4.74 Å². The zero-order valence-electron chi connectivity index (χ0n) is 11.1. The molecule has 0 fully saturated rings. The number of anilines is 1. The number of rotatable bonds is 5. The molecule has 0 aliphatic carbocycles. The van der Waals surface area contributed by atoms with Crippen LogP contribution in [0.1, 0.15) is 22.2 Å². The Hall–Kier alpha value is -1.48. The molecule has 2 rings (SSSR count). The summed E-state index contributed by atoms with van der Waals surface area (Å²) >= 11 is 1.85. The normalized spacial score (nSPS) is 10.4. The van der Waals surface area contributed by atoms with Gasteiger partial charge in [-0.3, -0.25) is 0 Å². The van der Waals surface area contributed by atoms with Crippen LogP contribution in [0.2, 0.25) is 0 Å². The third-order valence-electron chi connectivity index (χ3n) is 2.80. The van der Waals surface area contributed by atoms with Crippen LogP contribution in [0.4, 0.5) is 5.69 Å². The molecule has 0 bridgehead atoms. The molecule has 0 saturated carbocycles. The van der Waals surface area contributed by atoms with Crippen LogP contribution in [-0.2, 0) is 6.54 Å². The fraction of sp³-hybridized carbons (Fsp3) is 0.333. The largest absolute Gasteiger partial charge is 0.492 e. The lowest BCUT2D eigenvalue weighted by Gasteiger charge is -2.11. The van der Waals surface area contributed by atoms with E-state index in [1.165, 1.54) is 15.3 Å². The first-order valence-corrected chi connectivity index (χ1v) is 7.04. The van der Waals surface area contributed by atoms with Crippen LogP contribution in [0, 0.1) is 13.8 Å². The first-order valence-electron chi connectivity index (χ1n) is 6.22. The van der Waals surface area contributed by atoms with Gasteiger partial charge in [-0.1, -0.05) is 12.1 Å². The maximum Gasteiger partial charge on any atom is 0.142 e. The molecule has 0 spiro atoms. The standard InChI is InChI=1S/C15H19NOS/c1-4-17-15-8-6-5-7-14(15)16-10-13-9-11(2)18-12(13)3/h5-9,16H,4,10H2,1-3H3. The van der Waals surface area contributed by atoms with Gasteiger partial charge in [-0.25, -0.2) is 0 Å². The third kappa shape index (κ3) is 3.05. The second-order valence-corrected chi connectivity index (χ2v) is 5.68. The Morgan fingerprint density at radius 1 is 1.22 bits per heavy atom. The number of ether oxygens (including phenoxy) is 1. The van der Waals surface area contributed by atoms with Gasteiger partial charge in [0.2, 0.25) is 0 Å². The van der Waals surface area contributed by atoms with Crippen LogP contribution in [-0.4, -0.2) is 6.61 Å². The molecule has 1 aromatic heterocycles. The Morgan fingerprint density at radius 3 is 2.67 bits per heavy atom. The minimum atomic E-state index is 0.690. The number of aryl methyl sites for hydroxylation is 2.